The summed E-state index contributed by atoms with van der Waals surface area (Å²) in [5, 5.41) is 12.7. The molecule has 0 aliphatic rings. The summed E-state index contributed by atoms with van der Waals surface area (Å²) < 4.78 is 26.0. The standard InChI is InChI=1S/C21H14Cl2N2O3S/c1-13-4-2-3-5-19(13)29(27,28)20-9-7-16(10-15(20)12-24)25-21(26)14-6-8-17(22)18(23)11-14/h2-11H,1H3,(H,25,26). The summed E-state index contributed by atoms with van der Waals surface area (Å²) in [6.07, 6.45) is 0. The second-order valence-electron chi connectivity index (χ2n) is 6.17. The van der Waals surface area contributed by atoms with Crippen molar-refractivity contribution in [3.8, 4) is 6.07 Å². The minimum Gasteiger partial charge on any atom is -0.322 e. The van der Waals surface area contributed by atoms with E-state index in [0.29, 0.717) is 10.6 Å². The Labute approximate surface area is 178 Å². The normalized spacial score (nSPS) is 11.0. The van der Waals surface area contributed by atoms with Crippen molar-refractivity contribution in [3.05, 3.63) is 87.4 Å². The van der Waals surface area contributed by atoms with Gasteiger partial charge in [0.15, 0.2) is 0 Å². The molecule has 0 aliphatic carbocycles. The van der Waals surface area contributed by atoms with Crippen molar-refractivity contribution >= 4 is 44.6 Å². The van der Waals surface area contributed by atoms with Gasteiger partial charge in [-0.05, 0) is 55.0 Å². The van der Waals surface area contributed by atoms with Crippen molar-refractivity contribution in [1.82, 2.24) is 0 Å². The summed E-state index contributed by atoms with van der Waals surface area (Å²) in [5.41, 5.74) is 1.06. The van der Waals surface area contributed by atoms with Crippen LogP contribution in [-0.2, 0) is 9.84 Å². The molecule has 3 aromatic carbocycles. The molecule has 0 spiro atoms. The van der Waals surface area contributed by atoms with E-state index in [1.165, 1.54) is 42.5 Å². The van der Waals surface area contributed by atoms with Crippen molar-refractivity contribution in [2.24, 2.45) is 0 Å². The molecular weight excluding hydrogens is 431 g/mol. The number of benzene rings is 3. The van der Waals surface area contributed by atoms with Gasteiger partial charge >= 0.3 is 0 Å². The number of sulfone groups is 1. The fourth-order valence-corrected chi connectivity index (χ4v) is 4.67. The number of amides is 1. The van der Waals surface area contributed by atoms with Crippen LogP contribution in [0.5, 0.6) is 0 Å². The number of nitrogens with one attached hydrogen (secondary N) is 1. The largest absolute Gasteiger partial charge is 0.322 e. The van der Waals surface area contributed by atoms with E-state index in [2.05, 4.69) is 5.32 Å². The van der Waals surface area contributed by atoms with Crippen LogP contribution in [0.15, 0.2) is 70.5 Å². The summed E-state index contributed by atoms with van der Waals surface area (Å²) in [7, 11) is -3.89. The number of rotatable bonds is 4. The average Bonchev–Trinajstić information content (AvgIpc) is 2.70. The Morgan fingerprint density at radius 1 is 0.966 bits per heavy atom. The van der Waals surface area contributed by atoms with Gasteiger partial charge < -0.3 is 5.32 Å². The van der Waals surface area contributed by atoms with Crippen molar-refractivity contribution in [2.75, 3.05) is 5.32 Å². The number of carbonyl (C=O) groups excluding carboxylic acids is 1. The first-order chi connectivity index (χ1) is 13.7. The van der Waals surface area contributed by atoms with Gasteiger partial charge in [0.1, 0.15) is 6.07 Å². The second kappa shape index (κ2) is 8.26. The molecule has 0 bridgehead atoms. The highest BCUT2D eigenvalue weighted by Crippen LogP contribution is 2.28. The Morgan fingerprint density at radius 2 is 1.69 bits per heavy atom. The van der Waals surface area contributed by atoms with Gasteiger partial charge in [-0.2, -0.15) is 5.26 Å². The molecule has 3 rings (SSSR count). The number of hydrogen-bond acceptors (Lipinski definition) is 4. The number of nitrogens with zero attached hydrogens (tertiary/aromatic N) is 1. The molecule has 0 aromatic heterocycles. The first-order valence-electron chi connectivity index (χ1n) is 8.35. The lowest BCUT2D eigenvalue weighted by Gasteiger charge is -2.11. The third-order valence-electron chi connectivity index (χ3n) is 4.21. The quantitative estimate of drug-likeness (QED) is 0.594. The van der Waals surface area contributed by atoms with E-state index in [4.69, 9.17) is 23.2 Å². The third kappa shape index (κ3) is 4.28. The summed E-state index contributed by atoms with van der Waals surface area (Å²) in [6, 6.07) is 16.9. The van der Waals surface area contributed by atoms with Crippen LogP contribution in [0.3, 0.4) is 0 Å². The molecule has 0 unspecified atom stereocenters. The maximum atomic E-state index is 13.0. The van der Waals surface area contributed by atoms with Gasteiger partial charge in [-0.1, -0.05) is 41.4 Å². The molecule has 0 aliphatic heterocycles. The van der Waals surface area contributed by atoms with Crippen LogP contribution in [0.1, 0.15) is 21.5 Å². The molecule has 8 heteroatoms. The summed E-state index contributed by atoms with van der Waals surface area (Å²) >= 11 is 11.8. The topological polar surface area (TPSA) is 87.0 Å². The Bertz CT molecular complexity index is 1270. The minimum atomic E-state index is -3.89. The zero-order valence-corrected chi connectivity index (χ0v) is 17.4. The first-order valence-corrected chi connectivity index (χ1v) is 10.6. The van der Waals surface area contributed by atoms with E-state index in [1.807, 2.05) is 6.07 Å². The third-order valence-corrected chi connectivity index (χ3v) is 6.92. The van der Waals surface area contributed by atoms with Crippen LogP contribution in [0.2, 0.25) is 10.0 Å². The second-order valence-corrected chi connectivity index (χ2v) is 8.88. The van der Waals surface area contributed by atoms with Gasteiger partial charge in [0, 0.05) is 11.3 Å². The maximum Gasteiger partial charge on any atom is 0.255 e. The number of anilines is 1. The van der Waals surface area contributed by atoms with E-state index < -0.39 is 15.7 Å². The molecule has 5 nitrogen and oxygen atoms in total. The molecule has 0 radical (unpaired) electrons. The Balaban J connectivity index is 1.95. The number of carbonyl (C=O) groups is 1. The maximum absolute atomic E-state index is 13.0. The number of aryl methyl sites for hydroxylation is 1. The zero-order valence-electron chi connectivity index (χ0n) is 15.1. The van der Waals surface area contributed by atoms with Gasteiger partial charge in [-0.3, -0.25) is 4.79 Å². The van der Waals surface area contributed by atoms with E-state index >= 15 is 0 Å². The smallest absolute Gasteiger partial charge is 0.255 e. The van der Waals surface area contributed by atoms with Gasteiger partial charge in [-0.15, -0.1) is 0 Å². The van der Waals surface area contributed by atoms with Crippen LogP contribution < -0.4 is 5.32 Å². The van der Waals surface area contributed by atoms with Crippen LogP contribution in [0.25, 0.3) is 0 Å². The van der Waals surface area contributed by atoms with Gasteiger partial charge in [-0.25, -0.2) is 8.42 Å². The minimum absolute atomic E-state index is 0.0693. The van der Waals surface area contributed by atoms with Crippen molar-refractivity contribution in [3.63, 3.8) is 0 Å². The summed E-state index contributed by atoms with van der Waals surface area (Å²) in [4.78, 5) is 12.4. The van der Waals surface area contributed by atoms with Crippen molar-refractivity contribution in [1.29, 1.82) is 5.26 Å². The van der Waals surface area contributed by atoms with E-state index in [1.54, 1.807) is 25.1 Å². The van der Waals surface area contributed by atoms with Crippen LogP contribution in [0.4, 0.5) is 5.69 Å². The van der Waals surface area contributed by atoms with Crippen molar-refractivity contribution in [2.45, 2.75) is 16.7 Å². The summed E-state index contributed by atoms with van der Waals surface area (Å²) in [6.45, 7) is 1.69. The highest BCUT2D eigenvalue weighted by molar-refractivity contribution is 7.91. The SMILES string of the molecule is Cc1ccccc1S(=O)(=O)c1ccc(NC(=O)c2ccc(Cl)c(Cl)c2)cc1C#N. The highest BCUT2D eigenvalue weighted by atomic mass is 35.5. The molecule has 29 heavy (non-hydrogen) atoms. The van der Waals surface area contributed by atoms with Crippen LogP contribution in [-0.4, -0.2) is 14.3 Å². The van der Waals surface area contributed by atoms with E-state index in [-0.39, 0.29) is 31.6 Å². The molecule has 3 aromatic rings. The average molecular weight is 445 g/mol. The molecule has 0 saturated carbocycles. The number of halogens is 2. The molecule has 1 N–H and O–H groups in total. The van der Waals surface area contributed by atoms with E-state index in [9.17, 15) is 18.5 Å². The monoisotopic (exact) mass is 444 g/mol. The summed E-state index contributed by atoms with van der Waals surface area (Å²) in [5.74, 6) is -0.470. The lowest BCUT2D eigenvalue weighted by Crippen LogP contribution is -2.13. The molecule has 0 saturated heterocycles. The predicted octanol–water partition coefficient (Wildman–Crippen LogP) is 5.26. The first kappa shape index (κ1) is 20.9. The molecule has 0 fully saturated rings. The molecule has 0 atom stereocenters. The molecule has 0 heterocycles. The van der Waals surface area contributed by atoms with Crippen LogP contribution in [0, 0.1) is 18.3 Å². The molecular formula is C21H14Cl2N2O3S. The fraction of sp³-hybridized carbons (Fsp3) is 0.0476. The lowest BCUT2D eigenvalue weighted by atomic mass is 10.2. The fourth-order valence-electron chi connectivity index (χ4n) is 2.75. The lowest BCUT2D eigenvalue weighted by molar-refractivity contribution is 0.102. The van der Waals surface area contributed by atoms with Crippen molar-refractivity contribution < 1.29 is 13.2 Å². The predicted molar refractivity (Wildman–Crippen MR) is 112 cm³/mol. The van der Waals surface area contributed by atoms with E-state index in [0.717, 1.165) is 0 Å². The molecule has 1 amide bonds. The molecule has 146 valence electrons. The number of hydrogen-bond donors (Lipinski definition) is 1. The van der Waals surface area contributed by atoms with Gasteiger partial charge in [0.05, 0.1) is 25.4 Å². The Morgan fingerprint density at radius 3 is 2.34 bits per heavy atom. The van der Waals surface area contributed by atoms with Gasteiger partial charge in [0.2, 0.25) is 9.84 Å². The zero-order chi connectivity index (χ0) is 21.2. The number of nitriles is 1. The van der Waals surface area contributed by atoms with Gasteiger partial charge in [0.25, 0.3) is 5.91 Å². The highest BCUT2D eigenvalue weighted by Gasteiger charge is 2.23. The Hall–Kier alpha value is -2.85. The van der Waals surface area contributed by atoms with Crippen LogP contribution >= 0.6 is 23.2 Å². The Kier molecular flexibility index (Phi) is 5.94.